The molecule has 1 aliphatic heterocycles. The second-order valence-corrected chi connectivity index (χ2v) is 10.1. The Labute approximate surface area is 165 Å². The van der Waals surface area contributed by atoms with Crippen molar-refractivity contribution in [1.29, 1.82) is 0 Å². The highest BCUT2D eigenvalue weighted by Gasteiger charge is 2.28. The maximum absolute atomic E-state index is 12.7. The van der Waals surface area contributed by atoms with Gasteiger partial charge in [-0.2, -0.15) is 4.31 Å². The summed E-state index contributed by atoms with van der Waals surface area (Å²) in [4.78, 5) is 12.7. The molecule has 2 heterocycles. The van der Waals surface area contributed by atoms with Crippen molar-refractivity contribution in [3.63, 3.8) is 0 Å². The van der Waals surface area contributed by atoms with E-state index in [1.54, 1.807) is 6.07 Å². The van der Waals surface area contributed by atoms with Crippen LogP contribution < -0.4 is 5.32 Å². The van der Waals surface area contributed by atoms with Crippen molar-refractivity contribution >= 4 is 48.3 Å². The van der Waals surface area contributed by atoms with Gasteiger partial charge < -0.3 is 0 Å². The lowest BCUT2D eigenvalue weighted by molar-refractivity contribution is 0.102. The largest absolute Gasteiger partial charge is 0.296 e. The molecule has 2 aromatic rings. The molecule has 10 heteroatoms. The first kappa shape index (κ1) is 19.4. The lowest BCUT2D eigenvalue weighted by Crippen LogP contribution is -2.28. The van der Waals surface area contributed by atoms with Gasteiger partial charge in [-0.25, -0.2) is 8.42 Å². The predicted molar refractivity (Wildman–Crippen MR) is 104 cm³/mol. The van der Waals surface area contributed by atoms with E-state index in [0.29, 0.717) is 22.7 Å². The average Bonchev–Trinajstić information content (AvgIpc) is 3.27. The average molecular weight is 459 g/mol. The summed E-state index contributed by atoms with van der Waals surface area (Å²) in [5, 5.41) is 11.9. The zero-order chi connectivity index (χ0) is 18.9. The third-order valence-electron chi connectivity index (χ3n) is 4.04. The summed E-state index contributed by atoms with van der Waals surface area (Å²) in [6, 6.07) is 4.49. The van der Waals surface area contributed by atoms with Gasteiger partial charge >= 0.3 is 0 Å². The standard InChI is InChI=1S/C16H19BrN4O3S2/c1-10(2)15-19-20-16(25-15)18-14(22)12-9-11(5-6-13(12)17)26(23,24)21-7-3-4-8-21/h5-6,9-10H,3-4,7-8H2,1-2H3,(H,18,20,22). The summed E-state index contributed by atoms with van der Waals surface area (Å²) < 4.78 is 27.4. The number of aromatic nitrogens is 2. The van der Waals surface area contributed by atoms with Crippen LogP contribution in [0.5, 0.6) is 0 Å². The fraction of sp³-hybridized carbons (Fsp3) is 0.438. The third kappa shape index (κ3) is 3.98. The number of anilines is 1. The summed E-state index contributed by atoms with van der Waals surface area (Å²) in [6.45, 7) is 5.02. The summed E-state index contributed by atoms with van der Waals surface area (Å²) in [5.41, 5.74) is 0.242. The SMILES string of the molecule is CC(C)c1nnc(NC(=O)c2cc(S(=O)(=O)N3CCCC3)ccc2Br)s1. The number of hydrogen-bond donors (Lipinski definition) is 1. The molecule has 0 atom stereocenters. The van der Waals surface area contributed by atoms with E-state index >= 15 is 0 Å². The quantitative estimate of drug-likeness (QED) is 0.740. The van der Waals surface area contributed by atoms with Crippen molar-refractivity contribution in [3.05, 3.63) is 33.2 Å². The summed E-state index contributed by atoms with van der Waals surface area (Å²) in [7, 11) is -3.58. The minimum Gasteiger partial charge on any atom is -0.296 e. The van der Waals surface area contributed by atoms with Crippen LogP contribution in [0, 0.1) is 0 Å². The van der Waals surface area contributed by atoms with Gasteiger partial charge in [0.2, 0.25) is 15.2 Å². The van der Waals surface area contributed by atoms with E-state index in [-0.39, 0.29) is 16.4 Å². The zero-order valence-electron chi connectivity index (χ0n) is 14.4. The molecule has 3 rings (SSSR count). The molecule has 0 radical (unpaired) electrons. The van der Waals surface area contributed by atoms with Gasteiger partial charge in [-0.05, 0) is 47.0 Å². The van der Waals surface area contributed by atoms with Crippen molar-refractivity contribution in [2.24, 2.45) is 0 Å². The van der Waals surface area contributed by atoms with Gasteiger partial charge in [0.1, 0.15) is 5.01 Å². The fourth-order valence-electron chi connectivity index (χ4n) is 2.60. The van der Waals surface area contributed by atoms with Gasteiger partial charge in [0.15, 0.2) is 0 Å². The molecule has 0 aliphatic carbocycles. The van der Waals surface area contributed by atoms with E-state index in [1.165, 1.54) is 27.8 Å². The second kappa shape index (κ2) is 7.71. The number of carbonyl (C=O) groups excluding carboxylic acids is 1. The number of nitrogens with zero attached hydrogens (tertiary/aromatic N) is 3. The monoisotopic (exact) mass is 458 g/mol. The van der Waals surface area contributed by atoms with Crippen LogP contribution >= 0.6 is 27.3 Å². The highest BCUT2D eigenvalue weighted by molar-refractivity contribution is 9.10. The zero-order valence-corrected chi connectivity index (χ0v) is 17.6. The van der Waals surface area contributed by atoms with E-state index in [9.17, 15) is 13.2 Å². The Kier molecular flexibility index (Phi) is 5.75. The topological polar surface area (TPSA) is 92.3 Å². The van der Waals surface area contributed by atoms with Crippen molar-refractivity contribution in [2.45, 2.75) is 37.5 Å². The smallest absolute Gasteiger partial charge is 0.258 e. The Bertz CT molecular complexity index is 921. The van der Waals surface area contributed by atoms with Crippen LogP contribution in [0.1, 0.15) is 48.0 Å². The minimum absolute atomic E-state index is 0.118. The number of rotatable bonds is 5. The van der Waals surface area contributed by atoms with Crippen LogP contribution in [0.3, 0.4) is 0 Å². The van der Waals surface area contributed by atoms with E-state index in [1.807, 2.05) is 13.8 Å². The first-order chi connectivity index (χ1) is 12.3. The highest BCUT2D eigenvalue weighted by atomic mass is 79.9. The first-order valence-corrected chi connectivity index (χ1v) is 11.3. The van der Waals surface area contributed by atoms with Crippen LogP contribution in [-0.2, 0) is 10.0 Å². The van der Waals surface area contributed by atoms with E-state index < -0.39 is 15.9 Å². The number of carbonyl (C=O) groups is 1. The molecule has 1 aliphatic rings. The first-order valence-electron chi connectivity index (χ1n) is 8.23. The number of amides is 1. The van der Waals surface area contributed by atoms with Crippen LogP contribution in [0.4, 0.5) is 5.13 Å². The minimum atomic E-state index is -3.58. The molecule has 140 valence electrons. The number of hydrogen-bond acceptors (Lipinski definition) is 6. The van der Waals surface area contributed by atoms with Crippen LogP contribution in [0.15, 0.2) is 27.6 Å². The molecule has 1 aromatic carbocycles. The van der Waals surface area contributed by atoms with Crippen LogP contribution in [-0.4, -0.2) is 41.9 Å². The molecular weight excluding hydrogens is 440 g/mol. The third-order valence-corrected chi connectivity index (χ3v) is 7.77. The van der Waals surface area contributed by atoms with Crippen LogP contribution in [0.2, 0.25) is 0 Å². The molecule has 0 unspecified atom stereocenters. The van der Waals surface area contributed by atoms with Crippen molar-refractivity contribution in [1.82, 2.24) is 14.5 Å². The van der Waals surface area contributed by atoms with Gasteiger partial charge in [-0.15, -0.1) is 10.2 Å². The molecule has 26 heavy (non-hydrogen) atoms. The molecule has 0 bridgehead atoms. The molecule has 0 saturated carbocycles. The molecule has 1 N–H and O–H groups in total. The molecule has 7 nitrogen and oxygen atoms in total. The van der Waals surface area contributed by atoms with Gasteiger partial charge in [-0.1, -0.05) is 25.2 Å². The second-order valence-electron chi connectivity index (χ2n) is 6.31. The predicted octanol–water partition coefficient (Wildman–Crippen LogP) is 3.46. The van der Waals surface area contributed by atoms with Crippen LogP contribution in [0.25, 0.3) is 0 Å². The summed E-state index contributed by atoms with van der Waals surface area (Å²) in [6.07, 6.45) is 1.72. The maximum Gasteiger partial charge on any atom is 0.258 e. The number of halogens is 1. The van der Waals surface area contributed by atoms with Gasteiger partial charge in [-0.3, -0.25) is 10.1 Å². The van der Waals surface area contributed by atoms with Crippen molar-refractivity contribution in [2.75, 3.05) is 18.4 Å². The highest BCUT2D eigenvalue weighted by Crippen LogP contribution is 2.27. The number of nitrogens with one attached hydrogen (secondary N) is 1. The Morgan fingerprint density at radius 1 is 1.27 bits per heavy atom. The number of sulfonamides is 1. The van der Waals surface area contributed by atoms with E-state index in [4.69, 9.17) is 0 Å². The molecule has 1 fully saturated rings. The van der Waals surface area contributed by atoms with Gasteiger partial charge in [0.05, 0.1) is 10.5 Å². The Balaban J connectivity index is 1.86. The van der Waals surface area contributed by atoms with Crippen molar-refractivity contribution < 1.29 is 13.2 Å². The molecule has 0 spiro atoms. The lowest BCUT2D eigenvalue weighted by Gasteiger charge is -2.16. The molecular formula is C16H19BrN4O3S2. The summed E-state index contributed by atoms with van der Waals surface area (Å²) in [5.74, 6) is -0.208. The Hall–Kier alpha value is -1.36. The fourth-order valence-corrected chi connectivity index (χ4v) is 5.31. The van der Waals surface area contributed by atoms with Crippen molar-refractivity contribution in [3.8, 4) is 0 Å². The Morgan fingerprint density at radius 2 is 1.96 bits per heavy atom. The molecule has 1 amide bonds. The van der Waals surface area contributed by atoms with E-state index in [0.717, 1.165) is 17.8 Å². The normalized spacial score (nSPS) is 15.5. The van der Waals surface area contributed by atoms with Gasteiger partial charge in [0, 0.05) is 23.5 Å². The van der Waals surface area contributed by atoms with Gasteiger partial charge in [0.25, 0.3) is 5.91 Å². The summed E-state index contributed by atoms with van der Waals surface area (Å²) >= 11 is 4.63. The Morgan fingerprint density at radius 3 is 2.58 bits per heavy atom. The molecule has 1 saturated heterocycles. The molecule has 1 aromatic heterocycles. The van der Waals surface area contributed by atoms with E-state index in [2.05, 4.69) is 31.4 Å². The lowest BCUT2D eigenvalue weighted by atomic mass is 10.2. The maximum atomic E-state index is 12.7. The number of benzene rings is 1.